The second kappa shape index (κ2) is 8.03. The first-order valence-corrected chi connectivity index (χ1v) is 9.35. The van der Waals surface area contributed by atoms with Gasteiger partial charge in [-0.2, -0.15) is 0 Å². The lowest BCUT2D eigenvalue weighted by Crippen LogP contribution is -2.44. The van der Waals surface area contributed by atoms with E-state index in [2.05, 4.69) is 34.3 Å². The van der Waals surface area contributed by atoms with Gasteiger partial charge < -0.3 is 10.1 Å². The third-order valence-electron chi connectivity index (χ3n) is 4.09. The number of amides is 1. The van der Waals surface area contributed by atoms with Crippen molar-refractivity contribution in [3.8, 4) is 0 Å². The maximum atomic E-state index is 12.3. The number of hydrogen-bond acceptors (Lipinski definition) is 6. The smallest absolute Gasteiger partial charge is 0.282 e. The highest BCUT2D eigenvalue weighted by molar-refractivity contribution is 7.13. The number of ether oxygens (including phenoxy) is 1. The van der Waals surface area contributed by atoms with Crippen LogP contribution in [-0.4, -0.2) is 46.3 Å². The molecule has 2 aromatic rings. The molecule has 1 saturated heterocycles. The molecule has 0 radical (unpaired) electrons. The topological polar surface area (TPSA) is 67.4 Å². The van der Waals surface area contributed by atoms with Crippen molar-refractivity contribution < 1.29 is 9.53 Å². The zero-order chi connectivity index (χ0) is 17.8. The van der Waals surface area contributed by atoms with Crippen molar-refractivity contribution in [2.45, 2.75) is 46.1 Å². The Kier molecular flexibility index (Phi) is 5.78. The van der Waals surface area contributed by atoms with Gasteiger partial charge >= 0.3 is 0 Å². The minimum atomic E-state index is -0.173. The third-order valence-corrected chi connectivity index (χ3v) is 5.00. The molecule has 0 saturated carbocycles. The minimum absolute atomic E-state index is 0.173. The Morgan fingerprint density at radius 2 is 1.92 bits per heavy atom. The summed E-state index contributed by atoms with van der Waals surface area (Å²) in [7, 11) is 0. The number of hydrogen-bond donors (Lipinski definition) is 1. The van der Waals surface area contributed by atoms with Gasteiger partial charge in [0.1, 0.15) is 5.01 Å². The molecular weight excluding hydrogens is 336 g/mol. The number of aromatic nitrogens is 2. The maximum absolute atomic E-state index is 12.3. The Balaban J connectivity index is 1.53. The van der Waals surface area contributed by atoms with E-state index in [0.29, 0.717) is 18.1 Å². The van der Waals surface area contributed by atoms with Crippen LogP contribution in [0.5, 0.6) is 0 Å². The van der Waals surface area contributed by atoms with Gasteiger partial charge in [-0.05, 0) is 26.3 Å². The molecule has 1 fully saturated rings. The minimum Gasteiger partial charge on any atom is -0.373 e. The summed E-state index contributed by atoms with van der Waals surface area (Å²) in [4.78, 5) is 14.6. The molecule has 25 heavy (non-hydrogen) atoms. The van der Waals surface area contributed by atoms with Crippen LogP contribution >= 0.6 is 11.3 Å². The van der Waals surface area contributed by atoms with Crippen LogP contribution in [0.2, 0.25) is 0 Å². The van der Waals surface area contributed by atoms with E-state index in [1.165, 1.54) is 16.9 Å². The van der Waals surface area contributed by atoms with Crippen molar-refractivity contribution in [3.05, 3.63) is 45.4 Å². The van der Waals surface area contributed by atoms with E-state index < -0.39 is 0 Å². The van der Waals surface area contributed by atoms with Crippen molar-refractivity contribution in [2.75, 3.05) is 13.1 Å². The molecule has 1 N–H and O–H groups in total. The normalized spacial score (nSPS) is 21.2. The van der Waals surface area contributed by atoms with E-state index in [1.54, 1.807) is 0 Å². The number of carbonyl (C=O) groups is 1. The van der Waals surface area contributed by atoms with Gasteiger partial charge in [0.15, 0.2) is 0 Å². The number of benzene rings is 1. The number of nitrogens with one attached hydrogen (secondary N) is 1. The van der Waals surface area contributed by atoms with Crippen LogP contribution in [-0.2, 0) is 17.8 Å². The zero-order valence-corrected chi connectivity index (χ0v) is 15.7. The SMILES string of the molecule is Cc1ccc(CNC(=O)c2nnc(CN3CC(C)OC(C)C3)s2)cc1. The van der Waals surface area contributed by atoms with Crippen LogP contribution < -0.4 is 5.32 Å². The van der Waals surface area contributed by atoms with Crippen molar-refractivity contribution in [1.82, 2.24) is 20.4 Å². The van der Waals surface area contributed by atoms with Crippen LogP contribution in [0, 0.1) is 6.92 Å². The second-order valence-corrected chi connectivity index (χ2v) is 7.68. The number of nitrogens with zero attached hydrogens (tertiary/aromatic N) is 3. The molecule has 0 aliphatic carbocycles. The van der Waals surface area contributed by atoms with E-state index in [0.717, 1.165) is 23.7 Å². The molecule has 134 valence electrons. The van der Waals surface area contributed by atoms with Gasteiger partial charge in [-0.1, -0.05) is 41.2 Å². The highest BCUT2D eigenvalue weighted by atomic mass is 32.1. The molecule has 1 aromatic carbocycles. The van der Waals surface area contributed by atoms with E-state index in [-0.39, 0.29) is 18.1 Å². The first kappa shape index (κ1) is 18.0. The first-order valence-electron chi connectivity index (χ1n) is 8.53. The van der Waals surface area contributed by atoms with Crippen molar-refractivity contribution >= 4 is 17.2 Å². The summed E-state index contributed by atoms with van der Waals surface area (Å²) in [6.45, 7) is 9.14. The lowest BCUT2D eigenvalue weighted by atomic mass is 10.1. The molecule has 3 rings (SSSR count). The monoisotopic (exact) mass is 360 g/mol. The predicted octanol–water partition coefficient (Wildman–Crippen LogP) is 2.39. The molecule has 6 nitrogen and oxygen atoms in total. The summed E-state index contributed by atoms with van der Waals surface area (Å²) in [6.07, 6.45) is 0.433. The standard InChI is InChI=1S/C18H24N4O2S/c1-12-4-6-15(7-5-12)8-19-17(23)18-21-20-16(25-18)11-22-9-13(2)24-14(3)10-22/h4-7,13-14H,8-11H2,1-3H3,(H,19,23). The van der Waals surface area contributed by atoms with Crippen molar-refractivity contribution in [3.63, 3.8) is 0 Å². The largest absolute Gasteiger partial charge is 0.373 e. The maximum Gasteiger partial charge on any atom is 0.282 e. The quantitative estimate of drug-likeness (QED) is 0.887. The Morgan fingerprint density at radius 3 is 2.60 bits per heavy atom. The molecular formula is C18H24N4O2S. The Morgan fingerprint density at radius 1 is 1.24 bits per heavy atom. The van der Waals surface area contributed by atoms with Crippen LogP contribution in [0.4, 0.5) is 0 Å². The predicted molar refractivity (Wildman–Crippen MR) is 97.5 cm³/mol. The number of aryl methyl sites for hydroxylation is 1. The van der Waals surface area contributed by atoms with E-state index in [9.17, 15) is 4.79 Å². The van der Waals surface area contributed by atoms with Gasteiger partial charge in [-0.25, -0.2) is 0 Å². The molecule has 0 bridgehead atoms. The Hall–Kier alpha value is -1.83. The summed E-state index contributed by atoms with van der Waals surface area (Å²) in [6, 6.07) is 8.10. The Bertz CT molecular complexity index is 706. The number of carbonyl (C=O) groups excluding carboxylic acids is 1. The molecule has 7 heteroatoms. The summed E-state index contributed by atoms with van der Waals surface area (Å²) in [5.41, 5.74) is 2.27. The number of morpholine rings is 1. The fraction of sp³-hybridized carbons (Fsp3) is 0.500. The zero-order valence-electron chi connectivity index (χ0n) is 14.9. The molecule has 0 spiro atoms. The van der Waals surface area contributed by atoms with Crippen molar-refractivity contribution in [1.29, 1.82) is 0 Å². The van der Waals surface area contributed by atoms with E-state index in [1.807, 2.05) is 31.2 Å². The fourth-order valence-electron chi connectivity index (χ4n) is 2.98. The summed E-state index contributed by atoms with van der Waals surface area (Å²) < 4.78 is 5.74. The average molecular weight is 360 g/mol. The molecule has 2 atom stereocenters. The van der Waals surface area contributed by atoms with Crippen LogP contribution in [0.1, 0.15) is 39.8 Å². The second-order valence-electron chi connectivity index (χ2n) is 6.62. The molecule has 1 amide bonds. The van der Waals surface area contributed by atoms with Gasteiger partial charge in [0.25, 0.3) is 5.91 Å². The van der Waals surface area contributed by atoms with E-state index in [4.69, 9.17) is 4.74 Å². The summed E-state index contributed by atoms with van der Waals surface area (Å²) in [5, 5.41) is 12.4. The molecule has 2 heterocycles. The van der Waals surface area contributed by atoms with Crippen molar-refractivity contribution in [2.24, 2.45) is 0 Å². The first-order chi connectivity index (χ1) is 12.0. The van der Waals surface area contributed by atoms with Crippen LogP contribution in [0.15, 0.2) is 24.3 Å². The molecule has 2 unspecified atom stereocenters. The van der Waals surface area contributed by atoms with Gasteiger partial charge in [0.2, 0.25) is 5.01 Å². The molecule has 1 aliphatic rings. The number of rotatable bonds is 5. The lowest BCUT2D eigenvalue weighted by molar-refractivity contribution is -0.0705. The van der Waals surface area contributed by atoms with Crippen LogP contribution in [0.25, 0.3) is 0 Å². The van der Waals surface area contributed by atoms with Gasteiger partial charge in [0, 0.05) is 19.6 Å². The third kappa shape index (κ3) is 5.07. The average Bonchev–Trinajstić information content (AvgIpc) is 3.01. The van der Waals surface area contributed by atoms with Gasteiger partial charge in [-0.3, -0.25) is 9.69 Å². The fourth-order valence-corrected chi connectivity index (χ4v) is 3.78. The molecule has 1 aliphatic heterocycles. The summed E-state index contributed by atoms with van der Waals surface area (Å²) in [5.74, 6) is -0.173. The van der Waals surface area contributed by atoms with Gasteiger partial charge in [0.05, 0.1) is 18.8 Å². The highest BCUT2D eigenvalue weighted by Crippen LogP contribution is 2.17. The molecule has 1 aromatic heterocycles. The lowest BCUT2D eigenvalue weighted by Gasteiger charge is -2.34. The van der Waals surface area contributed by atoms with Gasteiger partial charge in [-0.15, -0.1) is 10.2 Å². The van der Waals surface area contributed by atoms with Crippen LogP contribution in [0.3, 0.4) is 0 Å². The van der Waals surface area contributed by atoms with E-state index >= 15 is 0 Å². The summed E-state index contributed by atoms with van der Waals surface area (Å²) >= 11 is 1.36. The highest BCUT2D eigenvalue weighted by Gasteiger charge is 2.23. The Labute approximate surface area is 152 Å².